The SMILES string of the molecule is FC(F)([N]c1ccccc1)c1ccccc1. The molecule has 16 heavy (non-hydrogen) atoms. The molecule has 0 saturated carbocycles. The van der Waals surface area contributed by atoms with Gasteiger partial charge in [0.05, 0.1) is 5.69 Å². The lowest BCUT2D eigenvalue weighted by Crippen LogP contribution is -2.23. The summed E-state index contributed by atoms with van der Waals surface area (Å²) in [5.74, 6) is 0. The molecule has 0 unspecified atom stereocenters. The van der Waals surface area contributed by atoms with Crippen molar-refractivity contribution in [2.75, 3.05) is 0 Å². The average Bonchev–Trinajstić information content (AvgIpc) is 2.31. The van der Waals surface area contributed by atoms with Crippen LogP contribution >= 0.6 is 0 Å². The van der Waals surface area contributed by atoms with Crippen LogP contribution in [0.3, 0.4) is 0 Å². The Morgan fingerprint density at radius 2 is 1.25 bits per heavy atom. The second-order valence-corrected chi connectivity index (χ2v) is 3.35. The molecule has 0 aliphatic heterocycles. The van der Waals surface area contributed by atoms with Crippen LogP contribution in [0.25, 0.3) is 0 Å². The topological polar surface area (TPSA) is 14.1 Å². The maximum Gasteiger partial charge on any atom is 0.369 e. The molecule has 0 atom stereocenters. The van der Waals surface area contributed by atoms with Crippen molar-refractivity contribution in [3.05, 3.63) is 66.2 Å². The van der Waals surface area contributed by atoms with Crippen molar-refractivity contribution < 1.29 is 8.78 Å². The summed E-state index contributed by atoms with van der Waals surface area (Å²) in [6.07, 6.45) is 0. The zero-order valence-electron chi connectivity index (χ0n) is 8.48. The van der Waals surface area contributed by atoms with Gasteiger partial charge in [0.15, 0.2) is 0 Å². The van der Waals surface area contributed by atoms with Gasteiger partial charge in [-0.25, -0.2) is 5.32 Å². The van der Waals surface area contributed by atoms with E-state index in [4.69, 9.17) is 0 Å². The number of hydrogen-bond donors (Lipinski definition) is 0. The predicted molar refractivity (Wildman–Crippen MR) is 58.6 cm³/mol. The Bertz CT molecular complexity index is 440. The van der Waals surface area contributed by atoms with Gasteiger partial charge in [-0.15, -0.1) is 0 Å². The Kier molecular flexibility index (Phi) is 2.86. The molecular weight excluding hydrogens is 208 g/mol. The van der Waals surface area contributed by atoms with E-state index in [1.54, 1.807) is 48.5 Å². The molecule has 81 valence electrons. The molecule has 0 bridgehead atoms. The minimum atomic E-state index is -3.18. The van der Waals surface area contributed by atoms with Gasteiger partial charge < -0.3 is 0 Å². The molecule has 0 aliphatic carbocycles. The zero-order chi connectivity index (χ0) is 11.4. The number of nitrogens with zero attached hydrogens (tertiary/aromatic N) is 1. The molecule has 1 radical (unpaired) electrons. The first-order valence-electron chi connectivity index (χ1n) is 4.90. The fourth-order valence-electron chi connectivity index (χ4n) is 1.37. The normalized spacial score (nSPS) is 11.1. The van der Waals surface area contributed by atoms with E-state index in [0.717, 1.165) is 0 Å². The maximum absolute atomic E-state index is 13.7. The van der Waals surface area contributed by atoms with Gasteiger partial charge in [0.1, 0.15) is 0 Å². The monoisotopic (exact) mass is 218 g/mol. The molecule has 3 heteroatoms. The van der Waals surface area contributed by atoms with E-state index < -0.39 is 6.05 Å². The third kappa shape index (κ3) is 2.37. The molecule has 0 fully saturated rings. The summed E-state index contributed by atoms with van der Waals surface area (Å²) in [6, 6.07) is 12.6. The highest BCUT2D eigenvalue weighted by Crippen LogP contribution is 2.29. The molecule has 1 nitrogen and oxygen atoms in total. The van der Waals surface area contributed by atoms with Crippen LogP contribution < -0.4 is 5.32 Å². The van der Waals surface area contributed by atoms with Crippen LogP contribution in [0.4, 0.5) is 14.5 Å². The number of rotatable bonds is 3. The van der Waals surface area contributed by atoms with Crippen LogP contribution in [-0.4, -0.2) is 0 Å². The Morgan fingerprint density at radius 1 is 0.750 bits per heavy atom. The third-order valence-electron chi connectivity index (χ3n) is 2.15. The zero-order valence-corrected chi connectivity index (χ0v) is 8.48. The van der Waals surface area contributed by atoms with Crippen molar-refractivity contribution in [1.82, 2.24) is 5.32 Å². The third-order valence-corrected chi connectivity index (χ3v) is 2.15. The molecule has 0 aliphatic rings. The molecule has 0 saturated heterocycles. The van der Waals surface area contributed by atoms with Crippen molar-refractivity contribution in [1.29, 1.82) is 0 Å². The molecule has 0 heterocycles. The van der Waals surface area contributed by atoms with Crippen molar-refractivity contribution in [3.63, 3.8) is 0 Å². The van der Waals surface area contributed by atoms with Crippen molar-refractivity contribution in [3.8, 4) is 0 Å². The van der Waals surface area contributed by atoms with Crippen molar-refractivity contribution in [2.45, 2.75) is 6.05 Å². The van der Waals surface area contributed by atoms with E-state index in [1.807, 2.05) is 0 Å². The number of hydrogen-bond acceptors (Lipinski definition) is 0. The fraction of sp³-hybridized carbons (Fsp3) is 0.0769. The summed E-state index contributed by atoms with van der Waals surface area (Å²) in [7, 11) is 0. The van der Waals surface area contributed by atoms with Crippen LogP contribution in [0.2, 0.25) is 0 Å². The summed E-state index contributed by atoms with van der Waals surface area (Å²) in [4.78, 5) is 0. The largest absolute Gasteiger partial charge is 0.369 e. The Balaban J connectivity index is 2.21. The van der Waals surface area contributed by atoms with E-state index in [1.165, 1.54) is 12.1 Å². The summed E-state index contributed by atoms with van der Waals surface area (Å²) in [6.45, 7) is 0. The van der Waals surface area contributed by atoms with Gasteiger partial charge in [0, 0.05) is 5.56 Å². The van der Waals surface area contributed by atoms with Gasteiger partial charge in [-0.3, -0.25) is 0 Å². The quantitative estimate of drug-likeness (QED) is 0.698. The first-order chi connectivity index (χ1) is 7.68. The Hall–Kier alpha value is -1.90. The van der Waals surface area contributed by atoms with Crippen LogP contribution in [0.5, 0.6) is 0 Å². The summed E-state index contributed by atoms with van der Waals surface area (Å²) < 4.78 is 27.4. The van der Waals surface area contributed by atoms with E-state index >= 15 is 0 Å². The first kappa shape index (κ1) is 10.6. The standard InChI is InChI=1S/C13H10F2N/c14-13(15,11-7-3-1-4-8-11)16-12-9-5-2-6-10-12/h1-10H. The summed E-state index contributed by atoms with van der Waals surface area (Å²) in [5, 5.41) is 3.43. The molecular formula is C13H10F2N. The minimum Gasteiger partial charge on any atom is -0.213 e. The number of benzene rings is 2. The molecule has 2 aromatic carbocycles. The second-order valence-electron chi connectivity index (χ2n) is 3.35. The van der Waals surface area contributed by atoms with Crippen molar-refractivity contribution in [2.24, 2.45) is 0 Å². The number of para-hydroxylation sites is 1. The Labute approximate surface area is 92.7 Å². The fourth-order valence-corrected chi connectivity index (χ4v) is 1.37. The predicted octanol–water partition coefficient (Wildman–Crippen LogP) is 3.67. The lowest BCUT2D eigenvalue weighted by atomic mass is 10.2. The van der Waals surface area contributed by atoms with Crippen LogP contribution in [0.15, 0.2) is 60.7 Å². The molecule has 0 amide bonds. The lowest BCUT2D eigenvalue weighted by Gasteiger charge is -2.16. The molecule has 0 N–H and O–H groups in total. The van der Waals surface area contributed by atoms with Gasteiger partial charge in [-0.1, -0.05) is 48.5 Å². The number of alkyl halides is 2. The van der Waals surface area contributed by atoms with Gasteiger partial charge in [0.25, 0.3) is 0 Å². The maximum atomic E-state index is 13.7. The lowest BCUT2D eigenvalue weighted by molar-refractivity contribution is -0.0288. The molecule has 2 aromatic rings. The second kappa shape index (κ2) is 4.31. The van der Waals surface area contributed by atoms with Gasteiger partial charge in [-0.2, -0.15) is 8.78 Å². The first-order valence-corrected chi connectivity index (χ1v) is 4.90. The van der Waals surface area contributed by atoms with Crippen LogP contribution in [0.1, 0.15) is 5.56 Å². The van der Waals surface area contributed by atoms with Gasteiger partial charge >= 0.3 is 6.05 Å². The highest BCUT2D eigenvalue weighted by Gasteiger charge is 2.32. The minimum absolute atomic E-state index is 0.0983. The van der Waals surface area contributed by atoms with Crippen LogP contribution in [0, 0.1) is 0 Å². The van der Waals surface area contributed by atoms with E-state index in [-0.39, 0.29) is 11.3 Å². The highest BCUT2D eigenvalue weighted by atomic mass is 19.3. The van der Waals surface area contributed by atoms with E-state index in [9.17, 15) is 8.78 Å². The molecule has 0 aromatic heterocycles. The summed E-state index contributed by atoms with van der Waals surface area (Å²) in [5.41, 5.74) is 0.176. The van der Waals surface area contributed by atoms with Crippen molar-refractivity contribution >= 4 is 5.69 Å². The summed E-state index contributed by atoms with van der Waals surface area (Å²) >= 11 is 0. The van der Waals surface area contributed by atoms with Gasteiger partial charge in [-0.05, 0) is 12.1 Å². The van der Waals surface area contributed by atoms with E-state index in [0.29, 0.717) is 0 Å². The molecule has 2 rings (SSSR count). The average molecular weight is 218 g/mol. The van der Waals surface area contributed by atoms with Crippen LogP contribution in [-0.2, 0) is 6.05 Å². The highest BCUT2D eigenvalue weighted by molar-refractivity contribution is 5.37. The number of halogens is 2. The molecule has 0 spiro atoms. The van der Waals surface area contributed by atoms with E-state index in [2.05, 4.69) is 5.32 Å². The van der Waals surface area contributed by atoms with Gasteiger partial charge in [0.2, 0.25) is 0 Å². The smallest absolute Gasteiger partial charge is 0.213 e. The Morgan fingerprint density at radius 3 is 1.81 bits per heavy atom.